The van der Waals surface area contributed by atoms with E-state index in [-0.39, 0.29) is 5.91 Å². The molecule has 3 aromatic rings. The van der Waals surface area contributed by atoms with E-state index in [9.17, 15) is 4.79 Å². The van der Waals surface area contributed by atoms with Crippen LogP contribution in [-0.2, 0) is 11.2 Å². The fourth-order valence-corrected chi connectivity index (χ4v) is 3.36. The lowest BCUT2D eigenvalue weighted by atomic mass is 10.1. The molecule has 31 heavy (non-hydrogen) atoms. The molecule has 4 rings (SSSR count). The zero-order valence-electron chi connectivity index (χ0n) is 17.2. The summed E-state index contributed by atoms with van der Waals surface area (Å²) in [5, 5.41) is 6.81. The molecule has 0 unspecified atom stereocenters. The number of ether oxygens (including phenoxy) is 1. The van der Waals surface area contributed by atoms with E-state index in [2.05, 4.69) is 20.6 Å². The van der Waals surface area contributed by atoms with E-state index in [0.29, 0.717) is 23.6 Å². The van der Waals surface area contributed by atoms with Gasteiger partial charge in [-0.05, 0) is 60.9 Å². The molecule has 6 nitrogen and oxygen atoms in total. The van der Waals surface area contributed by atoms with E-state index < -0.39 is 0 Å². The van der Waals surface area contributed by atoms with Crippen molar-refractivity contribution >= 4 is 29.0 Å². The molecule has 7 heteroatoms. The van der Waals surface area contributed by atoms with Crippen molar-refractivity contribution in [1.29, 1.82) is 0 Å². The molecule has 0 saturated heterocycles. The lowest BCUT2D eigenvalue weighted by molar-refractivity contribution is -0.116. The van der Waals surface area contributed by atoms with Crippen LogP contribution < -0.4 is 15.4 Å². The number of benzene rings is 2. The maximum absolute atomic E-state index is 12.2. The number of amides is 1. The van der Waals surface area contributed by atoms with E-state index in [1.807, 2.05) is 49.4 Å². The molecule has 0 fully saturated rings. The number of hydrogen-bond donors (Lipinski definition) is 2. The van der Waals surface area contributed by atoms with Crippen molar-refractivity contribution in [2.45, 2.75) is 19.8 Å². The highest BCUT2D eigenvalue weighted by atomic mass is 35.5. The minimum absolute atomic E-state index is 0.0326. The lowest BCUT2D eigenvalue weighted by Crippen LogP contribution is -2.20. The van der Waals surface area contributed by atoms with Gasteiger partial charge < -0.3 is 15.4 Å². The van der Waals surface area contributed by atoms with Crippen molar-refractivity contribution in [3.05, 3.63) is 82.6 Å². The number of anilines is 1. The summed E-state index contributed by atoms with van der Waals surface area (Å²) in [6, 6.07) is 16.9. The van der Waals surface area contributed by atoms with Gasteiger partial charge in [-0.1, -0.05) is 23.7 Å². The topological polar surface area (TPSA) is 75.6 Å². The number of amidine groups is 1. The van der Waals surface area contributed by atoms with E-state index in [1.54, 1.807) is 18.3 Å². The van der Waals surface area contributed by atoms with Crippen LogP contribution in [0.2, 0.25) is 5.02 Å². The van der Waals surface area contributed by atoms with Crippen molar-refractivity contribution in [2.75, 3.05) is 18.4 Å². The van der Waals surface area contributed by atoms with Crippen LogP contribution in [0.25, 0.3) is 0 Å². The van der Waals surface area contributed by atoms with Gasteiger partial charge in [0.2, 0.25) is 5.91 Å². The Kier molecular flexibility index (Phi) is 6.48. The van der Waals surface area contributed by atoms with Gasteiger partial charge in [0.25, 0.3) is 0 Å². The molecular weight excluding hydrogens is 412 g/mol. The predicted octanol–water partition coefficient (Wildman–Crippen LogP) is 4.76. The number of nitrogens with one attached hydrogen (secondary N) is 2. The van der Waals surface area contributed by atoms with E-state index in [1.165, 1.54) is 0 Å². The highest BCUT2D eigenvalue weighted by Gasteiger charge is 2.10. The smallest absolute Gasteiger partial charge is 0.224 e. The molecular formula is C24H23ClN4O2. The number of halogens is 1. The number of aliphatic imine (C=N–C) groups is 1. The lowest BCUT2D eigenvalue weighted by Gasteiger charge is -2.09. The second-order valence-corrected chi connectivity index (χ2v) is 7.70. The molecule has 1 amide bonds. The van der Waals surface area contributed by atoms with E-state index >= 15 is 0 Å². The van der Waals surface area contributed by atoms with Gasteiger partial charge in [0.05, 0.1) is 6.54 Å². The van der Waals surface area contributed by atoms with Crippen LogP contribution >= 0.6 is 11.6 Å². The van der Waals surface area contributed by atoms with Crippen LogP contribution in [0.15, 0.2) is 65.8 Å². The summed E-state index contributed by atoms with van der Waals surface area (Å²) in [6.45, 7) is 3.51. The van der Waals surface area contributed by atoms with Gasteiger partial charge in [-0.15, -0.1) is 0 Å². The van der Waals surface area contributed by atoms with Gasteiger partial charge in [-0.25, -0.2) is 0 Å². The van der Waals surface area contributed by atoms with Crippen molar-refractivity contribution in [2.24, 2.45) is 4.99 Å². The van der Waals surface area contributed by atoms with Gasteiger partial charge in [0.1, 0.15) is 23.0 Å². The third-order valence-electron chi connectivity index (χ3n) is 4.89. The van der Waals surface area contributed by atoms with Gasteiger partial charge in [-0.2, -0.15) is 0 Å². The number of hydrogen-bond acceptors (Lipinski definition) is 5. The summed E-state index contributed by atoms with van der Waals surface area (Å²) in [5.41, 5.74) is 3.53. The Morgan fingerprint density at radius 2 is 1.97 bits per heavy atom. The number of aromatic nitrogens is 1. The zero-order valence-corrected chi connectivity index (χ0v) is 17.9. The quantitative estimate of drug-likeness (QED) is 0.562. The normalized spacial score (nSPS) is 12.8. The van der Waals surface area contributed by atoms with Crippen LogP contribution in [0.5, 0.6) is 11.5 Å². The first-order chi connectivity index (χ1) is 15.1. The fourth-order valence-electron chi connectivity index (χ4n) is 3.24. The van der Waals surface area contributed by atoms with Crippen molar-refractivity contribution in [3.8, 4) is 11.5 Å². The van der Waals surface area contributed by atoms with Crippen molar-refractivity contribution in [1.82, 2.24) is 10.3 Å². The SMILES string of the molecule is Cc1cc(NC(=O)CCc2ccc(Oc3ccnc(C4=NCCN4)c3)cc2)ccc1Cl. The Balaban J connectivity index is 1.30. The zero-order chi connectivity index (χ0) is 21.6. The maximum Gasteiger partial charge on any atom is 0.224 e. The van der Waals surface area contributed by atoms with E-state index in [0.717, 1.165) is 47.2 Å². The second kappa shape index (κ2) is 9.62. The summed E-state index contributed by atoms with van der Waals surface area (Å²) in [4.78, 5) is 21.0. The fraction of sp³-hybridized carbons (Fsp3) is 0.208. The molecule has 0 saturated carbocycles. The molecule has 0 spiro atoms. The molecule has 2 N–H and O–H groups in total. The Labute approximate surface area is 186 Å². The van der Waals surface area contributed by atoms with Crippen LogP contribution in [0.3, 0.4) is 0 Å². The molecule has 0 aliphatic carbocycles. The molecule has 2 aromatic carbocycles. The van der Waals surface area contributed by atoms with Gasteiger partial charge in [0, 0.05) is 35.9 Å². The summed E-state index contributed by atoms with van der Waals surface area (Å²) in [6.07, 6.45) is 2.75. The monoisotopic (exact) mass is 434 g/mol. The minimum atomic E-state index is -0.0326. The molecule has 1 aromatic heterocycles. The Bertz CT molecular complexity index is 1110. The molecule has 1 aliphatic rings. The van der Waals surface area contributed by atoms with Gasteiger partial charge in [0.15, 0.2) is 0 Å². The number of rotatable bonds is 7. The van der Waals surface area contributed by atoms with Crippen molar-refractivity contribution < 1.29 is 9.53 Å². The van der Waals surface area contributed by atoms with Crippen LogP contribution in [-0.4, -0.2) is 29.8 Å². The van der Waals surface area contributed by atoms with Crippen LogP contribution in [0.4, 0.5) is 5.69 Å². The van der Waals surface area contributed by atoms with E-state index in [4.69, 9.17) is 16.3 Å². The highest BCUT2D eigenvalue weighted by Crippen LogP contribution is 2.23. The summed E-state index contributed by atoms with van der Waals surface area (Å²) < 4.78 is 5.95. The summed E-state index contributed by atoms with van der Waals surface area (Å²) >= 11 is 6.03. The number of nitrogens with zero attached hydrogens (tertiary/aromatic N) is 2. The minimum Gasteiger partial charge on any atom is -0.457 e. The Hall–Kier alpha value is -3.38. The van der Waals surface area contributed by atoms with Crippen LogP contribution in [0.1, 0.15) is 23.2 Å². The van der Waals surface area contributed by atoms with Crippen molar-refractivity contribution in [3.63, 3.8) is 0 Å². The summed E-state index contributed by atoms with van der Waals surface area (Å²) in [5.74, 6) is 2.19. The Morgan fingerprint density at radius 1 is 1.13 bits per heavy atom. The first kappa shape index (κ1) is 20.9. The number of carbonyl (C=O) groups is 1. The third kappa shape index (κ3) is 5.61. The number of pyridine rings is 1. The largest absolute Gasteiger partial charge is 0.457 e. The first-order valence-corrected chi connectivity index (χ1v) is 10.5. The average Bonchev–Trinajstić information content (AvgIpc) is 3.31. The third-order valence-corrected chi connectivity index (χ3v) is 5.31. The average molecular weight is 435 g/mol. The standard InChI is InChI=1S/C24H23ClN4O2/c1-16-14-18(5-8-21(16)25)29-23(30)9-4-17-2-6-19(7-3-17)31-20-10-11-26-22(15-20)24-27-12-13-28-24/h2-3,5-8,10-11,14-15H,4,9,12-13H2,1H3,(H,27,28)(H,29,30). The van der Waals surface area contributed by atoms with Gasteiger partial charge in [-0.3, -0.25) is 14.8 Å². The predicted molar refractivity (Wildman–Crippen MR) is 123 cm³/mol. The highest BCUT2D eigenvalue weighted by molar-refractivity contribution is 6.31. The molecule has 158 valence electrons. The number of carbonyl (C=O) groups excluding carboxylic acids is 1. The molecule has 0 bridgehead atoms. The maximum atomic E-state index is 12.2. The molecule has 0 atom stereocenters. The number of aryl methyl sites for hydroxylation is 2. The summed E-state index contributed by atoms with van der Waals surface area (Å²) in [7, 11) is 0. The molecule has 1 aliphatic heterocycles. The van der Waals surface area contributed by atoms with Gasteiger partial charge >= 0.3 is 0 Å². The molecule has 2 heterocycles. The second-order valence-electron chi connectivity index (χ2n) is 7.29. The molecule has 0 radical (unpaired) electrons. The van der Waals surface area contributed by atoms with Crippen LogP contribution in [0, 0.1) is 6.92 Å². The Morgan fingerprint density at radius 3 is 2.71 bits per heavy atom. The first-order valence-electron chi connectivity index (χ1n) is 10.1.